The molecule has 0 radical (unpaired) electrons. The van der Waals surface area contributed by atoms with E-state index in [1.807, 2.05) is 48.2 Å². The topological polar surface area (TPSA) is 71.7 Å². The number of aromatic nitrogens is 2. The van der Waals surface area contributed by atoms with Gasteiger partial charge in [-0.05, 0) is 31.7 Å². The molecule has 2 aromatic heterocycles. The van der Waals surface area contributed by atoms with Crippen molar-refractivity contribution in [3.8, 4) is 5.75 Å². The van der Waals surface area contributed by atoms with Gasteiger partial charge in [-0.3, -0.25) is 9.69 Å². The third-order valence-electron chi connectivity index (χ3n) is 5.74. The van der Waals surface area contributed by atoms with Crippen molar-refractivity contribution in [2.24, 2.45) is 0 Å². The molecule has 32 heavy (non-hydrogen) atoms. The van der Waals surface area contributed by atoms with E-state index in [0.717, 1.165) is 21.8 Å². The molecule has 0 bridgehead atoms. The lowest BCUT2D eigenvalue weighted by Crippen LogP contribution is -2.49. The first-order valence-corrected chi connectivity index (χ1v) is 11.4. The lowest BCUT2D eigenvalue weighted by molar-refractivity contribution is 0.0536. The average molecular weight is 449 g/mol. The monoisotopic (exact) mass is 448 g/mol. The second kappa shape index (κ2) is 8.72. The zero-order valence-corrected chi connectivity index (χ0v) is 18.8. The van der Waals surface area contributed by atoms with Gasteiger partial charge in [-0.2, -0.15) is 0 Å². The minimum Gasteiger partial charge on any atom is -0.485 e. The number of amides is 1. The SMILES string of the molecule is Cc1nc2cc(OCc3cc(C(=O)N4CCN(C)[C@H](c5ccccc5)C4)no3)ccc2s1. The molecule has 5 rings (SSSR count). The minimum atomic E-state index is -0.117. The molecule has 4 aromatic rings. The Morgan fingerprint density at radius 2 is 2.03 bits per heavy atom. The highest BCUT2D eigenvalue weighted by molar-refractivity contribution is 7.18. The molecule has 8 heteroatoms. The molecule has 0 aliphatic carbocycles. The van der Waals surface area contributed by atoms with E-state index in [4.69, 9.17) is 9.26 Å². The number of ether oxygens (including phenoxy) is 1. The number of fused-ring (bicyclic) bond motifs is 1. The average Bonchev–Trinajstić information content (AvgIpc) is 3.43. The van der Waals surface area contributed by atoms with Gasteiger partial charge >= 0.3 is 0 Å². The fourth-order valence-corrected chi connectivity index (χ4v) is 4.81. The lowest BCUT2D eigenvalue weighted by Gasteiger charge is -2.39. The number of likely N-dealkylation sites (N-methyl/N-ethyl adjacent to an activating group) is 1. The molecule has 0 N–H and O–H groups in total. The van der Waals surface area contributed by atoms with E-state index in [2.05, 4.69) is 34.2 Å². The number of aryl methyl sites for hydroxylation is 1. The maximum absolute atomic E-state index is 13.1. The predicted molar refractivity (Wildman–Crippen MR) is 123 cm³/mol. The highest BCUT2D eigenvalue weighted by Gasteiger charge is 2.30. The zero-order valence-electron chi connectivity index (χ0n) is 18.0. The van der Waals surface area contributed by atoms with Gasteiger partial charge in [-0.1, -0.05) is 35.5 Å². The van der Waals surface area contributed by atoms with E-state index in [1.54, 1.807) is 17.4 Å². The largest absolute Gasteiger partial charge is 0.485 e. The van der Waals surface area contributed by atoms with Crippen molar-refractivity contribution >= 4 is 27.5 Å². The Kier molecular flexibility index (Phi) is 5.63. The van der Waals surface area contributed by atoms with Gasteiger partial charge in [0.25, 0.3) is 5.91 Å². The molecule has 0 saturated carbocycles. The maximum atomic E-state index is 13.1. The Hall–Kier alpha value is -3.23. The fraction of sp³-hybridized carbons (Fsp3) is 0.292. The van der Waals surface area contributed by atoms with Gasteiger partial charge in [0.2, 0.25) is 0 Å². The molecule has 0 spiro atoms. The predicted octanol–water partition coefficient (Wildman–Crippen LogP) is 4.30. The van der Waals surface area contributed by atoms with Crippen LogP contribution in [0.15, 0.2) is 59.1 Å². The summed E-state index contributed by atoms with van der Waals surface area (Å²) in [6.07, 6.45) is 0. The smallest absolute Gasteiger partial charge is 0.276 e. The van der Waals surface area contributed by atoms with Crippen LogP contribution in [0.3, 0.4) is 0 Å². The first-order chi connectivity index (χ1) is 15.6. The summed E-state index contributed by atoms with van der Waals surface area (Å²) in [4.78, 5) is 21.7. The van der Waals surface area contributed by atoms with Crippen LogP contribution in [0.25, 0.3) is 10.2 Å². The molecule has 3 heterocycles. The fourth-order valence-electron chi connectivity index (χ4n) is 4.00. The summed E-state index contributed by atoms with van der Waals surface area (Å²) in [7, 11) is 2.09. The first kappa shape index (κ1) is 20.7. The Morgan fingerprint density at radius 1 is 1.19 bits per heavy atom. The number of hydrogen-bond acceptors (Lipinski definition) is 7. The number of piperazine rings is 1. The van der Waals surface area contributed by atoms with E-state index >= 15 is 0 Å². The van der Waals surface area contributed by atoms with Crippen LogP contribution in [0.1, 0.15) is 32.9 Å². The number of nitrogens with zero attached hydrogens (tertiary/aromatic N) is 4. The minimum absolute atomic E-state index is 0.117. The van der Waals surface area contributed by atoms with Crippen LogP contribution in [0.2, 0.25) is 0 Å². The van der Waals surface area contributed by atoms with E-state index in [1.165, 1.54) is 5.56 Å². The molecular weight excluding hydrogens is 424 g/mol. The molecule has 1 saturated heterocycles. The number of benzene rings is 2. The number of carbonyl (C=O) groups excluding carboxylic acids is 1. The summed E-state index contributed by atoms with van der Waals surface area (Å²) < 4.78 is 12.3. The van der Waals surface area contributed by atoms with Gasteiger partial charge < -0.3 is 14.2 Å². The standard InChI is InChI=1S/C24H24N4O3S/c1-16-25-20-12-18(8-9-23(20)32-16)30-15-19-13-21(26-31-19)24(29)28-11-10-27(2)22(14-28)17-6-4-3-5-7-17/h3-9,12-13,22H,10-11,14-15H2,1-2H3/t22-/m0/s1. The molecule has 1 atom stereocenters. The van der Waals surface area contributed by atoms with Gasteiger partial charge in [0.05, 0.1) is 21.3 Å². The molecule has 1 fully saturated rings. The summed E-state index contributed by atoms with van der Waals surface area (Å²) in [6, 6.07) is 17.9. The van der Waals surface area contributed by atoms with Crippen LogP contribution in [-0.4, -0.2) is 52.5 Å². The summed E-state index contributed by atoms with van der Waals surface area (Å²) in [5.74, 6) is 1.10. The van der Waals surface area contributed by atoms with Crippen LogP contribution < -0.4 is 4.74 Å². The second-order valence-electron chi connectivity index (χ2n) is 7.99. The Morgan fingerprint density at radius 3 is 2.88 bits per heavy atom. The van der Waals surface area contributed by atoms with Gasteiger partial charge in [0, 0.05) is 31.8 Å². The van der Waals surface area contributed by atoms with Crippen molar-refractivity contribution in [1.82, 2.24) is 19.9 Å². The molecule has 1 aliphatic heterocycles. The van der Waals surface area contributed by atoms with Crippen molar-refractivity contribution in [2.75, 3.05) is 26.7 Å². The van der Waals surface area contributed by atoms with E-state index in [-0.39, 0.29) is 18.6 Å². The lowest BCUT2D eigenvalue weighted by atomic mass is 10.0. The summed E-state index contributed by atoms with van der Waals surface area (Å²) in [5.41, 5.74) is 2.43. The number of rotatable bonds is 5. The Bertz CT molecular complexity index is 1240. The zero-order chi connectivity index (χ0) is 22.1. The maximum Gasteiger partial charge on any atom is 0.276 e. The highest BCUT2D eigenvalue weighted by Crippen LogP contribution is 2.27. The second-order valence-corrected chi connectivity index (χ2v) is 9.22. The van der Waals surface area contributed by atoms with Crippen LogP contribution in [0.5, 0.6) is 5.75 Å². The Labute approximate surface area is 190 Å². The number of carbonyl (C=O) groups is 1. The molecule has 1 aliphatic rings. The van der Waals surface area contributed by atoms with Crippen LogP contribution in [-0.2, 0) is 6.61 Å². The van der Waals surface area contributed by atoms with E-state index < -0.39 is 0 Å². The van der Waals surface area contributed by atoms with Crippen molar-refractivity contribution in [2.45, 2.75) is 19.6 Å². The molecule has 7 nitrogen and oxygen atoms in total. The van der Waals surface area contributed by atoms with Crippen molar-refractivity contribution in [3.05, 3.63) is 76.6 Å². The van der Waals surface area contributed by atoms with Crippen molar-refractivity contribution in [3.63, 3.8) is 0 Å². The molecule has 0 unspecified atom stereocenters. The molecule has 1 amide bonds. The highest BCUT2D eigenvalue weighted by atomic mass is 32.1. The molecule has 2 aromatic carbocycles. The third kappa shape index (κ3) is 4.24. The Balaban J connectivity index is 1.24. The van der Waals surface area contributed by atoms with Gasteiger partial charge in [-0.15, -0.1) is 11.3 Å². The first-order valence-electron chi connectivity index (χ1n) is 10.6. The van der Waals surface area contributed by atoms with Gasteiger partial charge in [0.1, 0.15) is 12.4 Å². The van der Waals surface area contributed by atoms with Crippen LogP contribution >= 0.6 is 11.3 Å². The van der Waals surface area contributed by atoms with Crippen molar-refractivity contribution in [1.29, 1.82) is 0 Å². The quantitative estimate of drug-likeness (QED) is 0.453. The molecule has 164 valence electrons. The third-order valence-corrected chi connectivity index (χ3v) is 6.70. The van der Waals surface area contributed by atoms with Crippen molar-refractivity contribution < 1.29 is 14.1 Å². The van der Waals surface area contributed by atoms with E-state index in [9.17, 15) is 4.79 Å². The number of hydrogen-bond donors (Lipinski definition) is 0. The normalized spacial score (nSPS) is 17.1. The van der Waals surface area contributed by atoms with Crippen LogP contribution in [0.4, 0.5) is 0 Å². The van der Waals surface area contributed by atoms with E-state index in [0.29, 0.717) is 30.3 Å². The van der Waals surface area contributed by atoms with Gasteiger partial charge in [-0.25, -0.2) is 4.98 Å². The summed E-state index contributed by atoms with van der Waals surface area (Å²) >= 11 is 1.65. The van der Waals surface area contributed by atoms with Crippen LogP contribution in [0, 0.1) is 6.92 Å². The molecular formula is C24H24N4O3S. The number of thiazole rings is 1. The summed E-state index contributed by atoms with van der Waals surface area (Å²) in [6.45, 7) is 4.26. The summed E-state index contributed by atoms with van der Waals surface area (Å²) in [5, 5.41) is 5.03. The van der Waals surface area contributed by atoms with Gasteiger partial charge in [0.15, 0.2) is 11.5 Å².